The summed E-state index contributed by atoms with van der Waals surface area (Å²) in [6, 6.07) is 3.89. The summed E-state index contributed by atoms with van der Waals surface area (Å²) in [5.41, 5.74) is 0.492. The lowest BCUT2D eigenvalue weighted by Gasteiger charge is -2.42. The van der Waals surface area contributed by atoms with Crippen LogP contribution in [0.3, 0.4) is 0 Å². The topological polar surface area (TPSA) is 46.4 Å². The van der Waals surface area contributed by atoms with Crippen LogP contribution in [0.5, 0.6) is 0 Å². The van der Waals surface area contributed by atoms with Crippen LogP contribution in [0.4, 0.5) is 15.8 Å². The first-order valence-electron chi connectivity index (χ1n) is 7.33. The average Bonchev–Trinajstić information content (AvgIpc) is 2.46. The van der Waals surface area contributed by atoms with Crippen LogP contribution < -0.4 is 4.90 Å². The Morgan fingerprint density at radius 1 is 1.15 bits per heavy atom. The van der Waals surface area contributed by atoms with Gasteiger partial charge in [0, 0.05) is 24.8 Å². The monoisotopic (exact) mass is 278 g/mol. The molecule has 1 aromatic rings. The summed E-state index contributed by atoms with van der Waals surface area (Å²) in [5, 5.41) is 10.8. The third-order valence-electron chi connectivity index (χ3n) is 4.73. The Balaban J connectivity index is 1.80. The van der Waals surface area contributed by atoms with Gasteiger partial charge in [-0.2, -0.15) is 0 Å². The van der Waals surface area contributed by atoms with Gasteiger partial charge in [-0.15, -0.1) is 0 Å². The highest BCUT2D eigenvalue weighted by Gasteiger charge is 2.31. The molecule has 1 heterocycles. The SMILES string of the molecule is O=[N+]([O-])c1cc(F)cc(N2CCC3CCCCC3C2)c1. The molecule has 1 aliphatic heterocycles. The third kappa shape index (κ3) is 2.62. The molecular formula is C15H19FN2O2. The third-order valence-corrected chi connectivity index (χ3v) is 4.73. The fourth-order valence-electron chi connectivity index (χ4n) is 3.68. The van der Waals surface area contributed by atoms with Crippen molar-refractivity contribution in [2.75, 3.05) is 18.0 Å². The molecule has 4 nitrogen and oxygen atoms in total. The minimum absolute atomic E-state index is 0.161. The van der Waals surface area contributed by atoms with Gasteiger partial charge < -0.3 is 4.90 Å². The van der Waals surface area contributed by atoms with Gasteiger partial charge in [-0.3, -0.25) is 10.1 Å². The molecule has 0 amide bonds. The number of piperidine rings is 1. The zero-order chi connectivity index (χ0) is 14.1. The molecule has 2 unspecified atom stereocenters. The molecular weight excluding hydrogens is 259 g/mol. The van der Waals surface area contributed by atoms with Crippen molar-refractivity contribution >= 4 is 11.4 Å². The first-order chi connectivity index (χ1) is 9.63. The first-order valence-corrected chi connectivity index (χ1v) is 7.33. The van der Waals surface area contributed by atoms with Crippen molar-refractivity contribution in [1.82, 2.24) is 0 Å². The van der Waals surface area contributed by atoms with Crippen LogP contribution in [0.25, 0.3) is 0 Å². The summed E-state index contributed by atoms with van der Waals surface area (Å²) >= 11 is 0. The normalized spacial score (nSPS) is 26.1. The minimum Gasteiger partial charge on any atom is -0.371 e. The number of nitro groups is 1. The summed E-state index contributed by atoms with van der Waals surface area (Å²) in [6.45, 7) is 1.78. The van der Waals surface area contributed by atoms with Gasteiger partial charge in [0.2, 0.25) is 0 Å². The Labute approximate surface area is 117 Å². The second-order valence-electron chi connectivity index (χ2n) is 5.96. The second-order valence-corrected chi connectivity index (χ2v) is 5.96. The maximum absolute atomic E-state index is 13.5. The molecule has 1 saturated heterocycles. The van der Waals surface area contributed by atoms with E-state index < -0.39 is 10.7 Å². The van der Waals surface area contributed by atoms with Crippen molar-refractivity contribution < 1.29 is 9.31 Å². The van der Waals surface area contributed by atoms with Crippen LogP contribution in [0, 0.1) is 27.8 Å². The standard InChI is InChI=1S/C15H19FN2O2/c16-13-7-14(9-15(8-13)18(19)20)17-6-5-11-3-1-2-4-12(11)10-17/h7-9,11-12H,1-6,10H2. The minimum atomic E-state index is -0.528. The Bertz CT molecular complexity index is 521. The molecule has 2 atom stereocenters. The number of benzene rings is 1. The zero-order valence-corrected chi connectivity index (χ0v) is 11.4. The molecule has 20 heavy (non-hydrogen) atoms. The smallest absolute Gasteiger partial charge is 0.274 e. The maximum atomic E-state index is 13.5. The molecule has 0 bridgehead atoms. The van der Waals surface area contributed by atoms with Crippen molar-refractivity contribution in [3.63, 3.8) is 0 Å². The van der Waals surface area contributed by atoms with Crippen molar-refractivity contribution in [3.8, 4) is 0 Å². The first kappa shape index (κ1) is 13.3. The van der Waals surface area contributed by atoms with Crippen molar-refractivity contribution in [2.45, 2.75) is 32.1 Å². The number of hydrogen-bond donors (Lipinski definition) is 0. The van der Waals surface area contributed by atoms with Gasteiger partial charge >= 0.3 is 0 Å². The van der Waals surface area contributed by atoms with E-state index in [1.807, 2.05) is 0 Å². The molecule has 0 spiro atoms. The van der Waals surface area contributed by atoms with Gasteiger partial charge in [-0.05, 0) is 30.7 Å². The predicted molar refractivity (Wildman–Crippen MR) is 75.3 cm³/mol. The molecule has 2 aliphatic rings. The number of anilines is 1. The quantitative estimate of drug-likeness (QED) is 0.611. The van der Waals surface area contributed by atoms with Gasteiger partial charge in [0.25, 0.3) is 5.69 Å². The Kier molecular flexibility index (Phi) is 3.59. The number of nitrogens with zero attached hydrogens (tertiary/aromatic N) is 2. The Morgan fingerprint density at radius 3 is 2.65 bits per heavy atom. The van der Waals surface area contributed by atoms with E-state index in [1.165, 1.54) is 37.8 Å². The lowest BCUT2D eigenvalue weighted by atomic mass is 9.75. The average molecular weight is 278 g/mol. The summed E-state index contributed by atoms with van der Waals surface area (Å²) in [5.74, 6) is 0.934. The van der Waals surface area contributed by atoms with Crippen LogP contribution in [0.15, 0.2) is 18.2 Å². The van der Waals surface area contributed by atoms with E-state index in [9.17, 15) is 14.5 Å². The van der Waals surface area contributed by atoms with Crippen molar-refractivity contribution in [2.24, 2.45) is 11.8 Å². The van der Waals surface area contributed by atoms with Gasteiger partial charge in [-0.25, -0.2) is 4.39 Å². The van der Waals surface area contributed by atoms with E-state index >= 15 is 0 Å². The lowest BCUT2D eigenvalue weighted by molar-refractivity contribution is -0.385. The van der Waals surface area contributed by atoms with E-state index in [0.717, 1.165) is 31.5 Å². The Hall–Kier alpha value is -1.65. The van der Waals surface area contributed by atoms with Gasteiger partial charge in [0.05, 0.1) is 11.0 Å². The fourth-order valence-corrected chi connectivity index (χ4v) is 3.68. The van der Waals surface area contributed by atoms with Crippen LogP contribution in [0.2, 0.25) is 0 Å². The summed E-state index contributed by atoms with van der Waals surface area (Å²) in [6.07, 6.45) is 6.26. The largest absolute Gasteiger partial charge is 0.371 e. The van der Waals surface area contributed by atoms with E-state index in [4.69, 9.17) is 0 Å². The molecule has 0 aromatic heterocycles. The summed E-state index contributed by atoms with van der Waals surface area (Å²) < 4.78 is 13.5. The van der Waals surface area contributed by atoms with Crippen LogP contribution in [-0.2, 0) is 0 Å². The van der Waals surface area contributed by atoms with Crippen LogP contribution in [0.1, 0.15) is 32.1 Å². The lowest BCUT2D eigenvalue weighted by Crippen LogP contribution is -2.41. The number of nitro benzene ring substituents is 1. The van der Waals surface area contributed by atoms with Gasteiger partial charge in [0.15, 0.2) is 0 Å². The highest BCUT2D eigenvalue weighted by atomic mass is 19.1. The number of non-ortho nitro benzene ring substituents is 1. The molecule has 1 aliphatic carbocycles. The fraction of sp³-hybridized carbons (Fsp3) is 0.600. The summed E-state index contributed by atoms with van der Waals surface area (Å²) in [4.78, 5) is 12.4. The number of rotatable bonds is 2. The molecule has 0 N–H and O–H groups in total. The highest BCUT2D eigenvalue weighted by molar-refractivity contribution is 5.54. The number of fused-ring (bicyclic) bond motifs is 1. The van der Waals surface area contributed by atoms with Gasteiger partial charge in [-0.1, -0.05) is 19.3 Å². The van der Waals surface area contributed by atoms with Crippen LogP contribution in [-0.4, -0.2) is 18.0 Å². The molecule has 2 fully saturated rings. The predicted octanol–water partition coefficient (Wildman–Crippen LogP) is 3.75. The Morgan fingerprint density at radius 2 is 1.90 bits per heavy atom. The highest BCUT2D eigenvalue weighted by Crippen LogP contribution is 2.38. The zero-order valence-electron chi connectivity index (χ0n) is 11.4. The second kappa shape index (κ2) is 5.38. The maximum Gasteiger partial charge on any atom is 0.274 e. The van der Waals surface area contributed by atoms with E-state index in [2.05, 4.69) is 4.90 Å². The van der Waals surface area contributed by atoms with E-state index in [-0.39, 0.29) is 5.69 Å². The van der Waals surface area contributed by atoms with Crippen molar-refractivity contribution in [3.05, 3.63) is 34.1 Å². The molecule has 3 rings (SSSR count). The number of hydrogen-bond acceptors (Lipinski definition) is 3. The van der Waals surface area contributed by atoms with Gasteiger partial charge in [0.1, 0.15) is 5.82 Å². The molecule has 1 aromatic carbocycles. The summed E-state index contributed by atoms with van der Waals surface area (Å²) in [7, 11) is 0. The number of halogens is 1. The molecule has 108 valence electrons. The van der Waals surface area contributed by atoms with E-state index in [1.54, 1.807) is 0 Å². The molecule has 1 saturated carbocycles. The molecule has 0 radical (unpaired) electrons. The van der Waals surface area contributed by atoms with Crippen molar-refractivity contribution in [1.29, 1.82) is 0 Å². The molecule has 5 heteroatoms. The van der Waals surface area contributed by atoms with E-state index in [0.29, 0.717) is 11.6 Å². The van der Waals surface area contributed by atoms with Crippen LogP contribution >= 0.6 is 0 Å².